The Hall–Kier alpha value is -2.17. The van der Waals surface area contributed by atoms with Gasteiger partial charge in [-0.2, -0.15) is 0 Å². The molecule has 3 nitrogen and oxygen atoms in total. The number of aryl methyl sites for hydroxylation is 1. The van der Waals surface area contributed by atoms with Gasteiger partial charge in [0.25, 0.3) is 5.91 Å². The average Bonchev–Trinajstić information content (AvgIpc) is 3.22. The van der Waals surface area contributed by atoms with E-state index in [0.717, 1.165) is 30.7 Å². The molecule has 1 aliphatic rings. The van der Waals surface area contributed by atoms with Gasteiger partial charge in [-0.25, -0.2) is 8.78 Å². The SMILES string of the molecule is Cn1cccc1CN(C(=O)c1ccc(F)c(F)c1)C1CC1. The van der Waals surface area contributed by atoms with Gasteiger partial charge in [0.2, 0.25) is 0 Å². The summed E-state index contributed by atoms with van der Waals surface area (Å²) in [4.78, 5) is 14.3. The van der Waals surface area contributed by atoms with E-state index in [1.54, 1.807) is 4.90 Å². The maximum Gasteiger partial charge on any atom is 0.254 e. The standard InChI is InChI=1S/C16H16F2N2O/c1-19-8-2-3-13(19)10-20(12-5-6-12)16(21)11-4-7-14(17)15(18)9-11/h2-4,7-9,12H,5-6,10H2,1H3. The summed E-state index contributed by atoms with van der Waals surface area (Å²) >= 11 is 0. The molecule has 110 valence electrons. The van der Waals surface area contributed by atoms with Gasteiger partial charge in [-0.3, -0.25) is 4.79 Å². The van der Waals surface area contributed by atoms with Gasteiger partial charge in [0.1, 0.15) is 0 Å². The number of benzene rings is 1. The number of aromatic nitrogens is 1. The van der Waals surface area contributed by atoms with Crippen LogP contribution in [0.1, 0.15) is 28.9 Å². The molecule has 0 unspecified atom stereocenters. The third-order valence-electron chi connectivity index (χ3n) is 3.80. The summed E-state index contributed by atoms with van der Waals surface area (Å²) in [5.41, 5.74) is 1.20. The molecule has 0 N–H and O–H groups in total. The summed E-state index contributed by atoms with van der Waals surface area (Å²) in [5, 5.41) is 0. The molecule has 0 aliphatic heterocycles. The van der Waals surface area contributed by atoms with Crippen LogP contribution in [0.25, 0.3) is 0 Å². The van der Waals surface area contributed by atoms with Gasteiger partial charge in [0, 0.05) is 30.5 Å². The summed E-state index contributed by atoms with van der Waals surface area (Å²) in [7, 11) is 1.92. The van der Waals surface area contributed by atoms with Gasteiger partial charge < -0.3 is 9.47 Å². The molecule has 2 aromatic rings. The van der Waals surface area contributed by atoms with Crippen LogP contribution in [0.15, 0.2) is 36.5 Å². The van der Waals surface area contributed by atoms with Crippen molar-refractivity contribution < 1.29 is 13.6 Å². The maximum absolute atomic E-state index is 13.3. The van der Waals surface area contributed by atoms with Gasteiger partial charge in [0.05, 0.1) is 6.54 Å². The van der Waals surface area contributed by atoms with E-state index in [1.807, 2.05) is 29.9 Å². The van der Waals surface area contributed by atoms with Crippen LogP contribution in [0.4, 0.5) is 8.78 Å². The highest BCUT2D eigenvalue weighted by atomic mass is 19.2. The molecule has 0 saturated heterocycles. The van der Waals surface area contributed by atoms with Crippen LogP contribution in [0.3, 0.4) is 0 Å². The fraction of sp³-hybridized carbons (Fsp3) is 0.312. The molecule has 0 radical (unpaired) electrons. The van der Waals surface area contributed by atoms with E-state index in [2.05, 4.69) is 0 Å². The Morgan fingerprint density at radius 2 is 2.05 bits per heavy atom. The maximum atomic E-state index is 13.3. The predicted molar refractivity (Wildman–Crippen MR) is 74.7 cm³/mol. The number of halogens is 2. The first-order valence-electron chi connectivity index (χ1n) is 6.92. The first-order chi connectivity index (χ1) is 10.1. The summed E-state index contributed by atoms with van der Waals surface area (Å²) < 4.78 is 28.3. The molecule has 1 aromatic carbocycles. The smallest absolute Gasteiger partial charge is 0.254 e. The fourth-order valence-electron chi connectivity index (χ4n) is 2.38. The van der Waals surface area contributed by atoms with Crippen LogP contribution in [0.2, 0.25) is 0 Å². The summed E-state index contributed by atoms with van der Waals surface area (Å²) in [6.07, 6.45) is 3.84. The number of amides is 1. The number of nitrogens with zero attached hydrogens (tertiary/aromatic N) is 2. The van der Waals surface area contributed by atoms with Crippen molar-refractivity contribution in [2.24, 2.45) is 7.05 Å². The lowest BCUT2D eigenvalue weighted by Gasteiger charge is -2.23. The van der Waals surface area contributed by atoms with Gasteiger partial charge in [-0.15, -0.1) is 0 Å². The fourth-order valence-corrected chi connectivity index (χ4v) is 2.38. The van der Waals surface area contributed by atoms with Crippen LogP contribution in [-0.2, 0) is 13.6 Å². The van der Waals surface area contributed by atoms with E-state index in [1.165, 1.54) is 6.07 Å². The Morgan fingerprint density at radius 1 is 1.29 bits per heavy atom. The molecule has 1 saturated carbocycles. The van der Waals surface area contributed by atoms with Crippen molar-refractivity contribution in [2.45, 2.75) is 25.4 Å². The number of hydrogen-bond acceptors (Lipinski definition) is 1. The minimum Gasteiger partial charge on any atom is -0.353 e. The minimum atomic E-state index is -0.990. The van der Waals surface area contributed by atoms with Gasteiger partial charge in [-0.1, -0.05) is 0 Å². The summed E-state index contributed by atoms with van der Waals surface area (Å²) in [5.74, 6) is -2.18. The molecule has 5 heteroatoms. The zero-order valence-electron chi connectivity index (χ0n) is 11.7. The van der Waals surface area contributed by atoms with E-state index in [0.29, 0.717) is 6.54 Å². The van der Waals surface area contributed by atoms with E-state index < -0.39 is 11.6 Å². The molecule has 1 fully saturated rings. The third kappa shape index (κ3) is 2.82. The lowest BCUT2D eigenvalue weighted by molar-refractivity contribution is 0.0726. The highest BCUT2D eigenvalue weighted by molar-refractivity contribution is 5.94. The average molecular weight is 290 g/mol. The largest absolute Gasteiger partial charge is 0.353 e. The molecule has 3 rings (SSSR count). The molecule has 1 amide bonds. The topological polar surface area (TPSA) is 25.2 Å². The number of carbonyl (C=O) groups excluding carboxylic acids is 1. The van der Waals surface area contributed by atoms with Gasteiger partial charge >= 0.3 is 0 Å². The van der Waals surface area contributed by atoms with Crippen molar-refractivity contribution in [1.29, 1.82) is 0 Å². The predicted octanol–water partition coefficient (Wildman–Crippen LogP) is 3.11. The second-order valence-corrected chi connectivity index (χ2v) is 5.40. The lowest BCUT2D eigenvalue weighted by Crippen LogP contribution is -2.33. The minimum absolute atomic E-state index is 0.190. The summed E-state index contributed by atoms with van der Waals surface area (Å²) in [6.45, 7) is 0.478. The molecule has 1 aromatic heterocycles. The Morgan fingerprint density at radius 3 is 2.62 bits per heavy atom. The number of carbonyl (C=O) groups is 1. The van der Waals surface area contributed by atoms with E-state index >= 15 is 0 Å². The molecule has 21 heavy (non-hydrogen) atoms. The van der Waals surface area contributed by atoms with E-state index in [-0.39, 0.29) is 17.5 Å². The summed E-state index contributed by atoms with van der Waals surface area (Å²) in [6, 6.07) is 7.37. The Labute approximate surface area is 121 Å². The second-order valence-electron chi connectivity index (χ2n) is 5.40. The van der Waals surface area contributed by atoms with Crippen molar-refractivity contribution in [1.82, 2.24) is 9.47 Å². The van der Waals surface area contributed by atoms with Crippen molar-refractivity contribution in [3.05, 3.63) is 59.4 Å². The first-order valence-corrected chi connectivity index (χ1v) is 6.92. The molecule has 0 spiro atoms. The Bertz CT molecular complexity index is 677. The van der Waals surface area contributed by atoms with Crippen LogP contribution in [0.5, 0.6) is 0 Å². The monoisotopic (exact) mass is 290 g/mol. The zero-order chi connectivity index (χ0) is 15.0. The Balaban J connectivity index is 1.85. The molecule has 1 aliphatic carbocycles. The quantitative estimate of drug-likeness (QED) is 0.849. The molecular weight excluding hydrogens is 274 g/mol. The van der Waals surface area contributed by atoms with E-state index in [9.17, 15) is 13.6 Å². The molecule has 0 bridgehead atoms. The Kier molecular flexibility index (Phi) is 3.49. The highest BCUT2D eigenvalue weighted by Gasteiger charge is 2.33. The van der Waals surface area contributed by atoms with Crippen LogP contribution in [-0.4, -0.2) is 21.4 Å². The first kappa shape index (κ1) is 13.8. The normalized spacial score (nSPS) is 14.2. The highest BCUT2D eigenvalue weighted by Crippen LogP contribution is 2.30. The van der Waals surface area contributed by atoms with E-state index in [4.69, 9.17) is 0 Å². The van der Waals surface area contributed by atoms with Gasteiger partial charge in [-0.05, 0) is 43.2 Å². The third-order valence-corrected chi connectivity index (χ3v) is 3.80. The lowest BCUT2D eigenvalue weighted by atomic mass is 10.1. The number of rotatable bonds is 4. The van der Waals surface area contributed by atoms with Crippen LogP contribution < -0.4 is 0 Å². The van der Waals surface area contributed by atoms with Crippen molar-refractivity contribution >= 4 is 5.91 Å². The zero-order valence-corrected chi connectivity index (χ0v) is 11.7. The van der Waals surface area contributed by atoms with Crippen LogP contribution in [0, 0.1) is 11.6 Å². The second kappa shape index (κ2) is 5.31. The molecule has 0 atom stereocenters. The molecular formula is C16H16F2N2O. The van der Waals surface area contributed by atoms with Crippen molar-refractivity contribution in [2.75, 3.05) is 0 Å². The van der Waals surface area contributed by atoms with Crippen LogP contribution >= 0.6 is 0 Å². The molecule has 1 heterocycles. The van der Waals surface area contributed by atoms with Crippen molar-refractivity contribution in [3.63, 3.8) is 0 Å². The van der Waals surface area contributed by atoms with Gasteiger partial charge in [0.15, 0.2) is 11.6 Å². The van der Waals surface area contributed by atoms with Crippen molar-refractivity contribution in [3.8, 4) is 0 Å². The number of hydrogen-bond donors (Lipinski definition) is 0.